The van der Waals surface area contributed by atoms with Gasteiger partial charge in [-0.05, 0) is 43.7 Å². The van der Waals surface area contributed by atoms with Crippen LogP contribution in [0.3, 0.4) is 0 Å². The number of hydrogen-bond acceptors (Lipinski definition) is 4. The maximum atomic E-state index is 12.2. The number of carbonyl (C=O) groups is 1. The average molecular weight is 329 g/mol. The normalized spacial score (nSPS) is 11.5. The molecule has 0 aromatic heterocycles. The SMILES string of the molecule is CCOc1ccc(CNC(=O)C(C)Oc2cccc(OC)c2)cc1. The summed E-state index contributed by atoms with van der Waals surface area (Å²) in [5, 5.41) is 2.86. The van der Waals surface area contributed by atoms with Crippen molar-refractivity contribution in [2.24, 2.45) is 0 Å². The van der Waals surface area contributed by atoms with Gasteiger partial charge in [0.2, 0.25) is 0 Å². The molecule has 5 heteroatoms. The summed E-state index contributed by atoms with van der Waals surface area (Å²) in [5.41, 5.74) is 1.00. The Balaban J connectivity index is 1.84. The highest BCUT2D eigenvalue weighted by atomic mass is 16.5. The van der Waals surface area contributed by atoms with Gasteiger partial charge in [0.15, 0.2) is 6.10 Å². The molecular formula is C19H23NO4. The van der Waals surface area contributed by atoms with Gasteiger partial charge in [0.05, 0.1) is 13.7 Å². The van der Waals surface area contributed by atoms with Crippen molar-refractivity contribution < 1.29 is 19.0 Å². The van der Waals surface area contributed by atoms with Crippen LogP contribution in [0.4, 0.5) is 0 Å². The molecule has 0 fully saturated rings. The molecule has 1 atom stereocenters. The van der Waals surface area contributed by atoms with E-state index in [-0.39, 0.29) is 5.91 Å². The second-order valence-electron chi connectivity index (χ2n) is 5.23. The second-order valence-corrected chi connectivity index (χ2v) is 5.23. The molecule has 0 aliphatic carbocycles. The van der Waals surface area contributed by atoms with Gasteiger partial charge in [0.25, 0.3) is 5.91 Å². The summed E-state index contributed by atoms with van der Waals surface area (Å²) >= 11 is 0. The number of benzene rings is 2. The van der Waals surface area contributed by atoms with E-state index in [1.807, 2.05) is 43.3 Å². The monoisotopic (exact) mass is 329 g/mol. The first-order valence-electron chi connectivity index (χ1n) is 7.92. The first-order chi connectivity index (χ1) is 11.6. The maximum absolute atomic E-state index is 12.2. The molecule has 2 aromatic carbocycles. The molecule has 2 rings (SSSR count). The number of hydrogen-bond donors (Lipinski definition) is 1. The quantitative estimate of drug-likeness (QED) is 0.808. The molecule has 0 radical (unpaired) electrons. The minimum Gasteiger partial charge on any atom is -0.497 e. The van der Waals surface area contributed by atoms with Gasteiger partial charge in [0, 0.05) is 12.6 Å². The Bertz CT molecular complexity index is 655. The first-order valence-corrected chi connectivity index (χ1v) is 7.92. The number of nitrogens with one attached hydrogen (secondary N) is 1. The number of carbonyl (C=O) groups excluding carboxylic acids is 1. The van der Waals surface area contributed by atoms with E-state index >= 15 is 0 Å². The summed E-state index contributed by atoms with van der Waals surface area (Å²) in [5.74, 6) is 1.93. The van der Waals surface area contributed by atoms with Crippen LogP contribution in [0, 0.1) is 0 Å². The van der Waals surface area contributed by atoms with Crippen molar-refractivity contribution >= 4 is 5.91 Å². The van der Waals surface area contributed by atoms with Crippen LogP contribution in [0.15, 0.2) is 48.5 Å². The fourth-order valence-corrected chi connectivity index (χ4v) is 2.14. The van der Waals surface area contributed by atoms with Crippen LogP contribution in [0.1, 0.15) is 19.4 Å². The number of ether oxygens (including phenoxy) is 3. The van der Waals surface area contributed by atoms with Gasteiger partial charge in [-0.3, -0.25) is 4.79 Å². The third kappa shape index (κ3) is 5.19. The first kappa shape index (κ1) is 17.7. The van der Waals surface area contributed by atoms with Crippen LogP contribution in [-0.2, 0) is 11.3 Å². The van der Waals surface area contributed by atoms with E-state index in [0.29, 0.717) is 24.7 Å². The van der Waals surface area contributed by atoms with Crippen LogP contribution < -0.4 is 19.5 Å². The van der Waals surface area contributed by atoms with Gasteiger partial charge in [-0.2, -0.15) is 0 Å². The Morgan fingerprint density at radius 1 is 1.08 bits per heavy atom. The van der Waals surface area contributed by atoms with E-state index in [2.05, 4.69) is 5.32 Å². The third-order valence-corrected chi connectivity index (χ3v) is 3.42. The predicted octanol–water partition coefficient (Wildman–Crippen LogP) is 3.18. The molecule has 0 saturated heterocycles. The number of methoxy groups -OCH3 is 1. The molecule has 5 nitrogen and oxygen atoms in total. The summed E-state index contributed by atoms with van der Waals surface area (Å²) < 4.78 is 16.2. The molecule has 24 heavy (non-hydrogen) atoms. The summed E-state index contributed by atoms with van der Waals surface area (Å²) in [7, 11) is 1.59. The van der Waals surface area contributed by atoms with Crippen molar-refractivity contribution in [2.75, 3.05) is 13.7 Å². The largest absolute Gasteiger partial charge is 0.497 e. The van der Waals surface area contributed by atoms with Crippen molar-refractivity contribution in [3.63, 3.8) is 0 Å². The zero-order valence-electron chi connectivity index (χ0n) is 14.2. The zero-order chi connectivity index (χ0) is 17.4. The van der Waals surface area contributed by atoms with Crippen LogP contribution in [0.2, 0.25) is 0 Å². The molecule has 0 aliphatic heterocycles. The fraction of sp³-hybridized carbons (Fsp3) is 0.316. The molecule has 0 aliphatic rings. The Kier molecular flexibility index (Phi) is 6.49. The summed E-state index contributed by atoms with van der Waals surface area (Å²) in [6.45, 7) is 4.73. The van der Waals surface area contributed by atoms with Crippen molar-refractivity contribution in [2.45, 2.75) is 26.5 Å². The molecule has 0 heterocycles. The van der Waals surface area contributed by atoms with E-state index < -0.39 is 6.10 Å². The zero-order valence-corrected chi connectivity index (χ0v) is 14.2. The molecule has 0 bridgehead atoms. The topological polar surface area (TPSA) is 56.8 Å². The Morgan fingerprint density at radius 3 is 2.46 bits per heavy atom. The summed E-state index contributed by atoms with van der Waals surface area (Å²) in [4.78, 5) is 12.2. The van der Waals surface area contributed by atoms with Crippen molar-refractivity contribution in [1.29, 1.82) is 0 Å². The van der Waals surface area contributed by atoms with E-state index in [1.54, 1.807) is 26.2 Å². The van der Waals surface area contributed by atoms with Gasteiger partial charge >= 0.3 is 0 Å². The lowest BCUT2D eigenvalue weighted by atomic mass is 10.2. The maximum Gasteiger partial charge on any atom is 0.261 e. The lowest BCUT2D eigenvalue weighted by Gasteiger charge is -2.15. The van der Waals surface area contributed by atoms with Crippen molar-refractivity contribution in [1.82, 2.24) is 5.32 Å². The number of amides is 1. The molecule has 1 unspecified atom stereocenters. The van der Waals surface area contributed by atoms with Gasteiger partial charge in [-0.25, -0.2) is 0 Å². The molecule has 1 amide bonds. The predicted molar refractivity (Wildman–Crippen MR) is 92.5 cm³/mol. The van der Waals surface area contributed by atoms with E-state index in [9.17, 15) is 4.79 Å². The third-order valence-electron chi connectivity index (χ3n) is 3.42. The molecular weight excluding hydrogens is 306 g/mol. The van der Waals surface area contributed by atoms with Crippen LogP contribution in [0.5, 0.6) is 17.2 Å². The van der Waals surface area contributed by atoms with E-state index in [1.165, 1.54) is 0 Å². The molecule has 128 valence electrons. The molecule has 0 spiro atoms. The van der Waals surface area contributed by atoms with Gasteiger partial charge in [0.1, 0.15) is 17.2 Å². The highest BCUT2D eigenvalue weighted by Crippen LogP contribution is 2.20. The molecule has 2 aromatic rings. The fourth-order valence-electron chi connectivity index (χ4n) is 2.14. The standard InChI is InChI=1S/C19H23NO4/c1-4-23-16-10-8-15(9-11-16)13-20-19(21)14(2)24-18-7-5-6-17(12-18)22-3/h5-12,14H,4,13H2,1-3H3,(H,20,21). The summed E-state index contributed by atoms with van der Waals surface area (Å²) in [6.07, 6.45) is -0.597. The van der Waals surface area contributed by atoms with E-state index in [0.717, 1.165) is 11.3 Å². The minimum atomic E-state index is -0.597. The second kappa shape index (κ2) is 8.82. The van der Waals surface area contributed by atoms with E-state index in [4.69, 9.17) is 14.2 Å². The highest BCUT2D eigenvalue weighted by Gasteiger charge is 2.14. The van der Waals surface area contributed by atoms with Gasteiger partial charge < -0.3 is 19.5 Å². The van der Waals surface area contributed by atoms with Gasteiger partial charge in [-0.15, -0.1) is 0 Å². The minimum absolute atomic E-state index is 0.174. The molecule has 1 N–H and O–H groups in total. The Morgan fingerprint density at radius 2 is 1.79 bits per heavy atom. The Labute approximate surface area is 142 Å². The van der Waals surface area contributed by atoms with Crippen LogP contribution in [-0.4, -0.2) is 25.7 Å². The Hall–Kier alpha value is -2.69. The average Bonchev–Trinajstić information content (AvgIpc) is 2.61. The lowest BCUT2D eigenvalue weighted by molar-refractivity contribution is -0.127. The van der Waals surface area contributed by atoms with Crippen LogP contribution in [0.25, 0.3) is 0 Å². The summed E-state index contributed by atoms with van der Waals surface area (Å²) in [6, 6.07) is 14.8. The molecule has 0 saturated carbocycles. The number of rotatable bonds is 8. The highest BCUT2D eigenvalue weighted by molar-refractivity contribution is 5.80. The lowest BCUT2D eigenvalue weighted by Crippen LogP contribution is -2.35. The van der Waals surface area contributed by atoms with Crippen LogP contribution >= 0.6 is 0 Å². The smallest absolute Gasteiger partial charge is 0.261 e. The van der Waals surface area contributed by atoms with Crippen molar-refractivity contribution in [3.05, 3.63) is 54.1 Å². The van der Waals surface area contributed by atoms with Gasteiger partial charge in [-0.1, -0.05) is 18.2 Å². The van der Waals surface area contributed by atoms with Crippen molar-refractivity contribution in [3.8, 4) is 17.2 Å².